The van der Waals surface area contributed by atoms with Crippen LogP contribution in [0.15, 0.2) is 36.5 Å². The molecule has 1 fully saturated rings. The molecule has 26 heavy (non-hydrogen) atoms. The van der Waals surface area contributed by atoms with E-state index < -0.39 is 6.04 Å². The Balaban J connectivity index is 1.75. The van der Waals surface area contributed by atoms with Gasteiger partial charge in [-0.2, -0.15) is 0 Å². The van der Waals surface area contributed by atoms with E-state index >= 15 is 0 Å². The minimum atomic E-state index is -0.422. The topological polar surface area (TPSA) is 97.4 Å². The van der Waals surface area contributed by atoms with Crippen molar-refractivity contribution < 1.29 is 9.59 Å². The van der Waals surface area contributed by atoms with Gasteiger partial charge < -0.3 is 10.6 Å². The normalized spacial score (nSPS) is 20.2. The maximum absolute atomic E-state index is 13.0. The van der Waals surface area contributed by atoms with Gasteiger partial charge >= 0.3 is 0 Å². The molecule has 1 aromatic carbocycles. The summed E-state index contributed by atoms with van der Waals surface area (Å²) >= 11 is 0. The van der Waals surface area contributed by atoms with Crippen molar-refractivity contribution in [2.75, 3.05) is 7.05 Å². The minimum absolute atomic E-state index is 0.0321. The number of likely N-dealkylation sites (tertiary alicyclic amines) is 1. The van der Waals surface area contributed by atoms with Crippen LogP contribution in [-0.4, -0.2) is 55.7 Å². The summed E-state index contributed by atoms with van der Waals surface area (Å²) in [6.07, 6.45) is 2.99. The molecular weight excluding hydrogens is 332 g/mol. The Morgan fingerprint density at radius 1 is 1.23 bits per heavy atom. The lowest BCUT2D eigenvalue weighted by Crippen LogP contribution is -2.49. The van der Waals surface area contributed by atoms with Crippen molar-refractivity contribution in [3.63, 3.8) is 0 Å². The number of benzene rings is 1. The largest absolute Gasteiger partial charge is 0.368 e. The summed E-state index contributed by atoms with van der Waals surface area (Å²) in [4.78, 5) is 28.4. The first kappa shape index (κ1) is 18.1. The van der Waals surface area contributed by atoms with Crippen molar-refractivity contribution in [2.45, 2.75) is 38.0 Å². The van der Waals surface area contributed by atoms with Gasteiger partial charge in [-0.25, -0.2) is 0 Å². The molecule has 2 atom stereocenters. The molecule has 0 unspecified atom stereocenters. The van der Waals surface area contributed by atoms with E-state index in [1.807, 2.05) is 35.2 Å². The van der Waals surface area contributed by atoms with Crippen molar-refractivity contribution >= 4 is 11.8 Å². The Bertz CT molecular complexity index is 775. The molecule has 1 aromatic heterocycles. The number of likely N-dealkylation sites (N-methyl/N-ethyl adjacent to an activating group) is 1. The van der Waals surface area contributed by atoms with E-state index in [4.69, 9.17) is 5.73 Å². The molecule has 8 heteroatoms. The standard InChI is InChI=1S/C18H24N6O2/c1-22(11-14-12-23(2)21-20-14)18(26)16-9-8-15(17(19)25)24(16)10-13-6-4-3-5-7-13/h3-7,12,15-16H,8-11H2,1-2H3,(H2,19,25)/t15-,16+/m0/s1. The molecule has 138 valence electrons. The molecule has 1 saturated heterocycles. The van der Waals surface area contributed by atoms with Gasteiger partial charge in [0.15, 0.2) is 0 Å². The van der Waals surface area contributed by atoms with Crippen LogP contribution in [-0.2, 0) is 29.7 Å². The van der Waals surface area contributed by atoms with Gasteiger partial charge in [-0.05, 0) is 18.4 Å². The summed E-state index contributed by atoms with van der Waals surface area (Å²) in [5.74, 6) is -0.414. The highest BCUT2D eigenvalue weighted by molar-refractivity contribution is 5.86. The average molecular weight is 356 g/mol. The van der Waals surface area contributed by atoms with Crippen LogP contribution in [0.3, 0.4) is 0 Å². The molecule has 8 nitrogen and oxygen atoms in total. The molecule has 2 heterocycles. The number of nitrogens with zero attached hydrogens (tertiary/aromatic N) is 5. The number of aryl methyl sites for hydroxylation is 1. The number of amides is 2. The summed E-state index contributed by atoms with van der Waals surface area (Å²) in [6.45, 7) is 0.896. The second-order valence-electron chi connectivity index (χ2n) is 6.75. The number of rotatable bonds is 6. The van der Waals surface area contributed by atoms with Crippen LogP contribution in [0.1, 0.15) is 24.1 Å². The number of primary amides is 1. The smallest absolute Gasteiger partial charge is 0.240 e. The Morgan fingerprint density at radius 2 is 1.92 bits per heavy atom. The highest BCUT2D eigenvalue weighted by Gasteiger charge is 2.41. The molecule has 0 saturated carbocycles. The predicted octanol–water partition coefficient (Wildman–Crippen LogP) is 0.292. The lowest BCUT2D eigenvalue weighted by molar-refractivity contribution is -0.136. The van der Waals surface area contributed by atoms with Crippen LogP contribution in [0, 0.1) is 0 Å². The fourth-order valence-electron chi connectivity index (χ4n) is 3.49. The summed E-state index contributed by atoms with van der Waals surface area (Å²) < 4.78 is 1.61. The van der Waals surface area contributed by atoms with Crippen LogP contribution in [0.5, 0.6) is 0 Å². The number of carbonyl (C=O) groups is 2. The summed E-state index contributed by atoms with van der Waals surface area (Å²) in [5, 5.41) is 7.92. The molecule has 2 N–H and O–H groups in total. The van der Waals surface area contributed by atoms with Crippen molar-refractivity contribution in [2.24, 2.45) is 12.8 Å². The zero-order valence-electron chi connectivity index (χ0n) is 15.1. The zero-order valence-corrected chi connectivity index (χ0v) is 15.1. The third-order valence-corrected chi connectivity index (χ3v) is 4.76. The van der Waals surface area contributed by atoms with Crippen LogP contribution in [0.25, 0.3) is 0 Å². The zero-order chi connectivity index (χ0) is 18.7. The van der Waals surface area contributed by atoms with Gasteiger partial charge in [0.25, 0.3) is 0 Å². The average Bonchev–Trinajstić information content (AvgIpc) is 3.21. The third-order valence-electron chi connectivity index (χ3n) is 4.76. The van der Waals surface area contributed by atoms with Crippen molar-refractivity contribution in [3.8, 4) is 0 Å². The molecule has 1 aliphatic rings. The highest BCUT2D eigenvalue weighted by Crippen LogP contribution is 2.27. The third kappa shape index (κ3) is 3.91. The Hall–Kier alpha value is -2.74. The molecular formula is C18H24N6O2. The van der Waals surface area contributed by atoms with Crippen LogP contribution in [0.4, 0.5) is 0 Å². The van der Waals surface area contributed by atoms with Crippen LogP contribution < -0.4 is 5.73 Å². The van der Waals surface area contributed by atoms with E-state index in [-0.39, 0.29) is 17.9 Å². The van der Waals surface area contributed by atoms with Gasteiger partial charge in [0.2, 0.25) is 11.8 Å². The van der Waals surface area contributed by atoms with Crippen molar-refractivity contribution in [1.82, 2.24) is 24.8 Å². The van der Waals surface area contributed by atoms with E-state index in [1.165, 1.54) is 0 Å². The molecule has 0 bridgehead atoms. The van der Waals surface area contributed by atoms with Gasteiger partial charge in [-0.1, -0.05) is 35.5 Å². The number of hydrogen-bond donors (Lipinski definition) is 1. The first-order valence-corrected chi connectivity index (χ1v) is 8.65. The Morgan fingerprint density at radius 3 is 2.54 bits per heavy atom. The maximum atomic E-state index is 13.0. The van der Waals surface area contributed by atoms with E-state index in [1.54, 1.807) is 29.9 Å². The second-order valence-corrected chi connectivity index (χ2v) is 6.75. The van der Waals surface area contributed by atoms with E-state index in [0.717, 1.165) is 11.3 Å². The first-order chi connectivity index (χ1) is 12.5. The first-order valence-electron chi connectivity index (χ1n) is 8.65. The van der Waals surface area contributed by atoms with Crippen molar-refractivity contribution in [1.29, 1.82) is 0 Å². The van der Waals surface area contributed by atoms with Crippen molar-refractivity contribution in [3.05, 3.63) is 47.8 Å². The van der Waals surface area contributed by atoms with E-state index in [0.29, 0.717) is 25.9 Å². The molecule has 2 amide bonds. The number of nitrogens with two attached hydrogens (primary N) is 1. The lowest BCUT2D eigenvalue weighted by atomic mass is 10.1. The molecule has 1 aliphatic heterocycles. The van der Waals surface area contributed by atoms with Gasteiger partial charge in [0.05, 0.1) is 18.6 Å². The summed E-state index contributed by atoms with van der Waals surface area (Å²) in [6, 6.07) is 9.02. The molecule has 3 rings (SSSR count). The van der Waals surface area contributed by atoms with E-state index in [2.05, 4.69) is 10.3 Å². The monoisotopic (exact) mass is 356 g/mol. The molecule has 2 aromatic rings. The maximum Gasteiger partial charge on any atom is 0.240 e. The van der Waals surface area contributed by atoms with Gasteiger partial charge in [-0.3, -0.25) is 19.2 Å². The minimum Gasteiger partial charge on any atom is -0.368 e. The quantitative estimate of drug-likeness (QED) is 0.802. The van der Waals surface area contributed by atoms with Gasteiger partial charge in [-0.15, -0.1) is 5.10 Å². The number of hydrogen-bond acceptors (Lipinski definition) is 5. The SMILES string of the molecule is CN(Cc1cn(C)nn1)C(=O)[C@H]1CC[C@@H](C(N)=O)N1Cc1ccccc1. The van der Waals surface area contributed by atoms with Crippen LogP contribution >= 0.6 is 0 Å². The summed E-state index contributed by atoms with van der Waals surface area (Å²) in [5.41, 5.74) is 7.36. The fraction of sp³-hybridized carbons (Fsp3) is 0.444. The van der Waals surface area contributed by atoms with Gasteiger partial charge in [0.1, 0.15) is 5.69 Å². The van der Waals surface area contributed by atoms with Gasteiger partial charge in [0, 0.05) is 26.8 Å². The predicted molar refractivity (Wildman–Crippen MR) is 95.5 cm³/mol. The van der Waals surface area contributed by atoms with E-state index in [9.17, 15) is 9.59 Å². The number of aromatic nitrogens is 3. The Kier molecular flexibility index (Phi) is 5.32. The molecule has 0 radical (unpaired) electrons. The highest BCUT2D eigenvalue weighted by atomic mass is 16.2. The second kappa shape index (κ2) is 7.65. The van der Waals surface area contributed by atoms with Crippen LogP contribution in [0.2, 0.25) is 0 Å². The number of carbonyl (C=O) groups excluding carboxylic acids is 2. The lowest BCUT2D eigenvalue weighted by Gasteiger charge is -2.30. The summed E-state index contributed by atoms with van der Waals surface area (Å²) in [7, 11) is 3.53. The Labute approximate surface area is 152 Å². The molecule has 0 aliphatic carbocycles. The fourth-order valence-corrected chi connectivity index (χ4v) is 3.49. The molecule has 0 spiro atoms.